The van der Waals surface area contributed by atoms with Crippen LogP contribution in [-0.4, -0.2) is 72.1 Å². The number of aryl methyl sites for hydroxylation is 1. The number of aromatic nitrogens is 3. The van der Waals surface area contributed by atoms with Crippen LogP contribution in [0.5, 0.6) is 5.75 Å². The standard InChI is InChI=1S/C19H23N5O3S.ClH/c1-22-16(5-6-20-22)18(25)24(8-7-23-9-11-27-12-10-23)19-21-15-13-14(26-2)3-4-17(15)28-19;/h3-6,13H,7-12H2,1-2H3;1H. The Balaban J connectivity index is 0.00000240. The van der Waals surface area contributed by atoms with E-state index in [1.54, 1.807) is 36.0 Å². The highest BCUT2D eigenvalue weighted by molar-refractivity contribution is 7.22. The van der Waals surface area contributed by atoms with Gasteiger partial charge >= 0.3 is 0 Å². The van der Waals surface area contributed by atoms with Crippen LogP contribution in [0.1, 0.15) is 10.5 Å². The molecule has 10 heteroatoms. The molecule has 1 aliphatic heterocycles. The number of methoxy groups -OCH3 is 1. The molecule has 0 unspecified atom stereocenters. The summed E-state index contributed by atoms with van der Waals surface area (Å²) in [7, 11) is 3.41. The van der Waals surface area contributed by atoms with Crippen molar-refractivity contribution in [2.75, 3.05) is 51.4 Å². The second kappa shape index (κ2) is 9.53. The molecule has 4 rings (SSSR count). The molecule has 0 spiro atoms. The molecule has 0 saturated carbocycles. The average Bonchev–Trinajstić information content (AvgIpc) is 3.34. The highest BCUT2D eigenvalue weighted by atomic mass is 35.5. The maximum atomic E-state index is 13.3. The fourth-order valence-electron chi connectivity index (χ4n) is 3.21. The van der Waals surface area contributed by atoms with Crippen molar-refractivity contribution in [3.8, 4) is 5.75 Å². The minimum Gasteiger partial charge on any atom is -0.497 e. The van der Waals surface area contributed by atoms with Gasteiger partial charge in [-0.3, -0.25) is 19.3 Å². The molecule has 3 heterocycles. The van der Waals surface area contributed by atoms with Crippen molar-refractivity contribution in [2.24, 2.45) is 7.05 Å². The maximum Gasteiger partial charge on any atom is 0.278 e. The largest absolute Gasteiger partial charge is 0.497 e. The first-order valence-electron chi connectivity index (χ1n) is 9.20. The molecule has 1 aliphatic rings. The second-order valence-corrected chi connectivity index (χ2v) is 7.59. The van der Waals surface area contributed by atoms with E-state index >= 15 is 0 Å². The van der Waals surface area contributed by atoms with Crippen LogP contribution < -0.4 is 9.64 Å². The summed E-state index contributed by atoms with van der Waals surface area (Å²) in [5, 5.41) is 4.82. The van der Waals surface area contributed by atoms with Gasteiger partial charge in [-0.2, -0.15) is 5.10 Å². The Hall–Kier alpha value is -2.20. The fraction of sp³-hybridized carbons (Fsp3) is 0.421. The second-order valence-electron chi connectivity index (χ2n) is 6.58. The first-order chi connectivity index (χ1) is 13.7. The zero-order chi connectivity index (χ0) is 19.5. The van der Waals surface area contributed by atoms with Gasteiger partial charge in [0.2, 0.25) is 0 Å². The number of amides is 1. The Kier molecular flexibility index (Phi) is 7.07. The predicted octanol–water partition coefficient (Wildman–Crippen LogP) is 2.44. The molecule has 1 saturated heterocycles. The lowest BCUT2D eigenvalue weighted by Crippen LogP contribution is -2.43. The van der Waals surface area contributed by atoms with Crippen LogP contribution in [0.25, 0.3) is 10.2 Å². The summed E-state index contributed by atoms with van der Waals surface area (Å²) in [5.74, 6) is 0.654. The maximum absolute atomic E-state index is 13.3. The monoisotopic (exact) mass is 437 g/mol. The van der Waals surface area contributed by atoms with E-state index < -0.39 is 0 Å². The molecule has 1 amide bonds. The van der Waals surface area contributed by atoms with E-state index in [0.29, 0.717) is 17.4 Å². The van der Waals surface area contributed by atoms with Gasteiger partial charge < -0.3 is 9.47 Å². The molecule has 2 aromatic heterocycles. The summed E-state index contributed by atoms with van der Waals surface area (Å²) < 4.78 is 13.3. The minimum atomic E-state index is -0.0979. The third-order valence-electron chi connectivity index (χ3n) is 4.84. The molecule has 0 aliphatic carbocycles. The van der Waals surface area contributed by atoms with Gasteiger partial charge in [0.05, 0.1) is 30.5 Å². The molecule has 8 nitrogen and oxygen atoms in total. The van der Waals surface area contributed by atoms with Gasteiger partial charge in [-0.15, -0.1) is 12.4 Å². The van der Waals surface area contributed by atoms with E-state index in [1.165, 1.54) is 11.3 Å². The van der Waals surface area contributed by atoms with Gasteiger partial charge in [0.25, 0.3) is 5.91 Å². The number of hydrogen-bond donors (Lipinski definition) is 0. The number of morpholine rings is 1. The zero-order valence-electron chi connectivity index (χ0n) is 16.4. The van der Waals surface area contributed by atoms with Gasteiger partial charge in [-0.05, 0) is 18.2 Å². The molecule has 156 valence electrons. The third kappa shape index (κ3) is 4.69. The van der Waals surface area contributed by atoms with Crippen LogP contribution in [-0.2, 0) is 11.8 Å². The third-order valence-corrected chi connectivity index (χ3v) is 5.90. The number of carbonyl (C=O) groups excluding carboxylic acids is 1. The molecule has 1 aromatic carbocycles. The minimum absolute atomic E-state index is 0. The van der Waals surface area contributed by atoms with Crippen molar-refractivity contribution in [1.29, 1.82) is 0 Å². The van der Waals surface area contributed by atoms with E-state index in [9.17, 15) is 4.79 Å². The van der Waals surface area contributed by atoms with Gasteiger partial charge in [-0.25, -0.2) is 4.98 Å². The number of ether oxygens (including phenoxy) is 2. The number of carbonyl (C=O) groups is 1. The van der Waals surface area contributed by atoms with E-state index in [0.717, 1.165) is 48.8 Å². The Morgan fingerprint density at radius 3 is 2.79 bits per heavy atom. The lowest BCUT2D eigenvalue weighted by atomic mass is 10.3. The van der Waals surface area contributed by atoms with Gasteiger partial charge in [0, 0.05) is 45.5 Å². The molecular weight excluding hydrogens is 414 g/mol. The number of benzene rings is 1. The number of fused-ring (bicyclic) bond motifs is 1. The molecule has 0 bridgehead atoms. The number of nitrogens with zero attached hydrogens (tertiary/aromatic N) is 5. The Morgan fingerprint density at radius 1 is 1.31 bits per heavy atom. The fourth-order valence-corrected chi connectivity index (χ4v) is 4.18. The van der Waals surface area contributed by atoms with Crippen molar-refractivity contribution >= 4 is 45.0 Å². The first kappa shape index (κ1) is 21.5. The van der Waals surface area contributed by atoms with Crippen molar-refractivity contribution in [3.05, 3.63) is 36.2 Å². The van der Waals surface area contributed by atoms with Crippen LogP contribution in [0, 0.1) is 0 Å². The van der Waals surface area contributed by atoms with Gasteiger partial charge in [0.15, 0.2) is 5.13 Å². The van der Waals surface area contributed by atoms with E-state index in [1.807, 2.05) is 18.2 Å². The molecular formula is C19H24ClN5O3S. The quantitative estimate of drug-likeness (QED) is 0.589. The summed E-state index contributed by atoms with van der Waals surface area (Å²) in [5.41, 5.74) is 1.37. The van der Waals surface area contributed by atoms with Crippen molar-refractivity contribution in [3.63, 3.8) is 0 Å². The summed E-state index contributed by atoms with van der Waals surface area (Å²) in [4.78, 5) is 22.0. The number of thiazole rings is 1. The Bertz CT molecular complexity index is 970. The van der Waals surface area contributed by atoms with Crippen LogP contribution >= 0.6 is 23.7 Å². The van der Waals surface area contributed by atoms with Crippen LogP contribution in [0.4, 0.5) is 5.13 Å². The molecule has 1 fully saturated rings. The zero-order valence-corrected chi connectivity index (χ0v) is 18.0. The van der Waals surface area contributed by atoms with Crippen LogP contribution in [0.3, 0.4) is 0 Å². The molecule has 29 heavy (non-hydrogen) atoms. The Labute approximate surface area is 179 Å². The number of hydrogen-bond acceptors (Lipinski definition) is 7. The Morgan fingerprint density at radius 2 is 2.10 bits per heavy atom. The number of anilines is 1. The van der Waals surface area contributed by atoms with Gasteiger partial charge in [0.1, 0.15) is 11.4 Å². The van der Waals surface area contributed by atoms with Gasteiger partial charge in [-0.1, -0.05) is 11.3 Å². The summed E-state index contributed by atoms with van der Waals surface area (Å²) in [6.45, 7) is 4.55. The lowest BCUT2D eigenvalue weighted by molar-refractivity contribution is 0.0391. The smallest absolute Gasteiger partial charge is 0.278 e. The normalized spacial score (nSPS) is 14.6. The van der Waals surface area contributed by atoms with Crippen molar-refractivity contribution < 1.29 is 14.3 Å². The van der Waals surface area contributed by atoms with Crippen molar-refractivity contribution in [2.45, 2.75) is 0 Å². The van der Waals surface area contributed by atoms with Crippen LogP contribution in [0.15, 0.2) is 30.5 Å². The SMILES string of the molecule is COc1ccc2sc(N(CCN3CCOCC3)C(=O)c3ccnn3C)nc2c1.Cl. The van der Waals surface area contributed by atoms with E-state index in [-0.39, 0.29) is 18.3 Å². The molecule has 0 radical (unpaired) electrons. The summed E-state index contributed by atoms with van der Waals surface area (Å²) in [6, 6.07) is 7.51. The summed E-state index contributed by atoms with van der Waals surface area (Å²) >= 11 is 1.51. The van der Waals surface area contributed by atoms with Crippen molar-refractivity contribution in [1.82, 2.24) is 19.7 Å². The lowest BCUT2D eigenvalue weighted by Gasteiger charge is -2.29. The average molecular weight is 438 g/mol. The van der Waals surface area contributed by atoms with E-state index in [4.69, 9.17) is 14.5 Å². The number of rotatable bonds is 6. The van der Waals surface area contributed by atoms with E-state index in [2.05, 4.69) is 10.00 Å². The summed E-state index contributed by atoms with van der Waals surface area (Å²) in [6.07, 6.45) is 1.64. The topological polar surface area (TPSA) is 72.7 Å². The number of halogens is 1. The predicted molar refractivity (Wildman–Crippen MR) is 116 cm³/mol. The highest BCUT2D eigenvalue weighted by Gasteiger charge is 2.24. The molecule has 3 aromatic rings. The molecule has 0 N–H and O–H groups in total. The molecule has 0 atom stereocenters. The van der Waals surface area contributed by atoms with Crippen LogP contribution in [0.2, 0.25) is 0 Å². The highest BCUT2D eigenvalue weighted by Crippen LogP contribution is 2.31. The first-order valence-corrected chi connectivity index (χ1v) is 10.0.